The summed E-state index contributed by atoms with van der Waals surface area (Å²) in [5.41, 5.74) is 7.55. The monoisotopic (exact) mass is 181 g/mol. The predicted octanol–water partition coefficient (Wildman–Crippen LogP) is 2.52. The Morgan fingerprint density at radius 1 is 1.31 bits per heavy atom. The molecule has 0 fully saturated rings. The molecule has 0 atom stereocenters. The van der Waals surface area contributed by atoms with Crippen LogP contribution in [-0.2, 0) is 0 Å². The van der Waals surface area contributed by atoms with Gasteiger partial charge in [-0.1, -0.05) is 27.7 Å². The minimum Gasteiger partial charge on any atom is -0.368 e. The van der Waals surface area contributed by atoms with Crippen LogP contribution in [0.2, 0.25) is 0 Å². The molecule has 3 nitrogen and oxygen atoms in total. The second kappa shape index (κ2) is 5.51. The van der Waals surface area contributed by atoms with Crippen LogP contribution in [0.3, 0.4) is 0 Å². The van der Waals surface area contributed by atoms with Crippen LogP contribution in [0, 0.1) is 6.92 Å². The summed E-state index contributed by atoms with van der Waals surface area (Å²) in [6.07, 6.45) is 1.79. The van der Waals surface area contributed by atoms with E-state index < -0.39 is 0 Å². The van der Waals surface area contributed by atoms with Gasteiger partial charge in [-0.2, -0.15) is 0 Å². The molecule has 1 heterocycles. The first-order valence-corrected chi connectivity index (χ1v) is 4.70. The van der Waals surface area contributed by atoms with E-state index in [0.29, 0.717) is 11.9 Å². The van der Waals surface area contributed by atoms with Gasteiger partial charge in [-0.3, -0.25) is 0 Å². The molecule has 13 heavy (non-hydrogen) atoms. The summed E-state index contributed by atoms with van der Waals surface area (Å²) in [4.78, 5) is 7.99. The summed E-state index contributed by atoms with van der Waals surface area (Å²) in [7, 11) is 0. The van der Waals surface area contributed by atoms with Gasteiger partial charge in [-0.05, 0) is 18.4 Å². The molecule has 3 heteroatoms. The zero-order valence-electron chi connectivity index (χ0n) is 9.13. The van der Waals surface area contributed by atoms with Crippen LogP contribution in [0.4, 0.5) is 5.95 Å². The third-order valence-corrected chi connectivity index (χ3v) is 1.66. The summed E-state index contributed by atoms with van der Waals surface area (Å²) >= 11 is 0. The lowest BCUT2D eigenvalue weighted by atomic mass is 10.0. The second-order valence-corrected chi connectivity index (χ2v) is 2.92. The molecule has 1 rings (SSSR count). The first kappa shape index (κ1) is 11.9. The van der Waals surface area contributed by atoms with Gasteiger partial charge in [0.05, 0.1) is 0 Å². The summed E-state index contributed by atoms with van der Waals surface area (Å²) in [6, 6.07) is 0. The first-order valence-electron chi connectivity index (χ1n) is 4.70. The highest BCUT2D eigenvalue weighted by atomic mass is 15.0. The van der Waals surface area contributed by atoms with E-state index in [1.807, 2.05) is 20.8 Å². The molecule has 2 N–H and O–H groups in total. The van der Waals surface area contributed by atoms with E-state index in [-0.39, 0.29) is 0 Å². The molecule has 0 saturated heterocycles. The zero-order chi connectivity index (χ0) is 10.4. The lowest BCUT2D eigenvalue weighted by Crippen LogP contribution is -2.01. The molecular formula is C10H19N3. The molecule has 0 saturated carbocycles. The standard InChI is InChI=1S/C8H13N3.C2H6/c1-5(2)7-4-10-8(9)11-6(7)3;1-2/h4-5H,1-3H3,(H2,9,10,11);1-2H3. The normalized spacial score (nSPS) is 9.38. The van der Waals surface area contributed by atoms with E-state index in [4.69, 9.17) is 5.73 Å². The van der Waals surface area contributed by atoms with Gasteiger partial charge in [0.15, 0.2) is 0 Å². The molecule has 1 aromatic heterocycles. The number of anilines is 1. The largest absolute Gasteiger partial charge is 0.368 e. The van der Waals surface area contributed by atoms with Crippen LogP contribution >= 0.6 is 0 Å². The number of nitrogens with zero attached hydrogens (tertiary/aromatic N) is 2. The molecule has 0 bridgehead atoms. The smallest absolute Gasteiger partial charge is 0.220 e. The average Bonchev–Trinajstić information content (AvgIpc) is 2.07. The fraction of sp³-hybridized carbons (Fsp3) is 0.600. The maximum Gasteiger partial charge on any atom is 0.220 e. The SMILES string of the molecule is CC.Cc1nc(N)ncc1C(C)C. The molecule has 0 radical (unpaired) electrons. The Kier molecular flexibility index (Phi) is 5.04. The van der Waals surface area contributed by atoms with Gasteiger partial charge in [0, 0.05) is 11.9 Å². The minimum absolute atomic E-state index is 0.354. The maximum atomic E-state index is 5.41. The van der Waals surface area contributed by atoms with E-state index in [0.717, 1.165) is 5.69 Å². The Morgan fingerprint density at radius 2 is 1.85 bits per heavy atom. The first-order chi connectivity index (χ1) is 6.11. The van der Waals surface area contributed by atoms with Crippen molar-refractivity contribution in [3.63, 3.8) is 0 Å². The molecule has 0 aliphatic carbocycles. The molecule has 74 valence electrons. The number of aryl methyl sites for hydroxylation is 1. The highest BCUT2D eigenvalue weighted by Gasteiger charge is 2.04. The third-order valence-electron chi connectivity index (χ3n) is 1.66. The summed E-state index contributed by atoms with van der Waals surface area (Å²) in [5.74, 6) is 0.822. The van der Waals surface area contributed by atoms with Crippen molar-refractivity contribution in [1.29, 1.82) is 0 Å². The van der Waals surface area contributed by atoms with E-state index >= 15 is 0 Å². The van der Waals surface area contributed by atoms with Crippen molar-refractivity contribution in [3.05, 3.63) is 17.5 Å². The average molecular weight is 181 g/mol. The fourth-order valence-corrected chi connectivity index (χ4v) is 1.06. The Morgan fingerprint density at radius 3 is 2.23 bits per heavy atom. The lowest BCUT2D eigenvalue weighted by Gasteiger charge is -2.07. The van der Waals surface area contributed by atoms with Crippen LogP contribution in [0.5, 0.6) is 0 Å². The predicted molar refractivity (Wildman–Crippen MR) is 56.6 cm³/mol. The van der Waals surface area contributed by atoms with Crippen LogP contribution in [0.25, 0.3) is 0 Å². The number of rotatable bonds is 1. The van der Waals surface area contributed by atoms with Crippen LogP contribution in [0.15, 0.2) is 6.20 Å². The fourth-order valence-electron chi connectivity index (χ4n) is 1.06. The van der Waals surface area contributed by atoms with Gasteiger partial charge in [0.25, 0.3) is 0 Å². The quantitative estimate of drug-likeness (QED) is 0.724. The van der Waals surface area contributed by atoms with E-state index in [1.54, 1.807) is 6.20 Å². The molecule has 0 aliphatic rings. The van der Waals surface area contributed by atoms with Crippen LogP contribution < -0.4 is 5.73 Å². The minimum atomic E-state index is 0.354. The Bertz CT molecular complexity index is 256. The van der Waals surface area contributed by atoms with Gasteiger partial charge in [0.2, 0.25) is 5.95 Å². The molecule has 0 spiro atoms. The van der Waals surface area contributed by atoms with Crippen molar-refractivity contribution in [1.82, 2.24) is 9.97 Å². The molecule has 0 amide bonds. The topological polar surface area (TPSA) is 51.8 Å². The molecule has 0 unspecified atom stereocenters. The number of aromatic nitrogens is 2. The van der Waals surface area contributed by atoms with Crippen molar-refractivity contribution in [2.75, 3.05) is 5.73 Å². The van der Waals surface area contributed by atoms with Crippen LogP contribution in [0.1, 0.15) is 44.9 Å². The summed E-state index contributed by atoms with van der Waals surface area (Å²) in [5, 5.41) is 0. The third kappa shape index (κ3) is 3.40. The number of hydrogen-bond donors (Lipinski definition) is 1. The molecular weight excluding hydrogens is 162 g/mol. The van der Waals surface area contributed by atoms with Crippen LogP contribution in [-0.4, -0.2) is 9.97 Å². The summed E-state index contributed by atoms with van der Waals surface area (Å²) in [6.45, 7) is 10.2. The molecule has 0 aliphatic heterocycles. The lowest BCUT2D eigenvalue weighted by molar-refractivity contribution is 0.831. The van der Waals surface area contributed by atoms with Gasteiger partial charge in [-0.25, -0.2) is 9.97 Å². The Hall–Kier alpha value is -1.12. The summed E-state index contributed by atoms with van der Waals surface area (Å²) < 4.78 is 0. The zero-order valence-corrected chi connectivity index (χ0v) is 9.13. The van der Waals surface area contributed by atoms with Gasteiger partial charge >= 0.3 is 0 Å². The van der Waals surface area contributed by atoms with Crippen molar-refractivity contribution >= 4 is 5.95 Å². The van der Waals surface area contributed by atoms with Gasteiger partial charge in [-0.15, -0.1) is 0 Å². The number of nitrogen functional groups attached to an aromatic ring is 1. The Balaban J connectivity index is 0.000000671. The van der Waals surface area contributed by atoms with Crippen molar-refractivity contribution < 1.29 is 0 Å². The van der Waals surface area contributed by atoms with Crippen molar-refractivity contribution in [2.24, 2.45) is 0 Å². The van der Waals surface area contributed by atoms with Crippen molar-refractivity contribution in [3.8, 4) is 0 Å². The molecule has 0 aromatic carbocycles. The molecule has 1 aromatic rings. The highest BCUT2D eigenvalue weighted by molar-refractivity contribution is 5.26. The maximum absolute atomic E-state index is 5.41. The van der Waals surface area contributed by atoms with E-state index in [1.165, 1.54) is 5.56 Å². The van der Waals surface area contributed by atoms with E-state index in [9.17, 15) is 0 Å². The number of nitrogens with two attached hydrogens (primary N) is 1. The van der Waals surface area contributed by atoms with Gasteiger partial charge in [0.1, 0.15) is 0 Å². The van der Waals surface area contributed by atoms with Gasteiger partial charge < -0.3 is 5.73 Å². The highest BCUT2D eigenvalue weighted by Crippen LogP contribution is 2.15. The Labute approximate surface area is 80.4 Å². The van der Waals surface area contributed by atoms with Crippen molar-refractivity contribution in [2.45, 2.75) is 40.5 Å². The number of hydrogen-bond acceptors (Lipinski definition) is 3. The van der Waals surface area contributed by atoms with E-state index in [2.05, 4.69) is 23.8 Å². The second-order valence-electron chi connectivity index (χ2n) is 2.92.